The number of aromatic nitrogens is 4. The van der Waals surface area contributed by atoms with Crippen molar-refractivity contribution in [1.82, 2.24) is 19.7 Å². The summed E-state index contributed by atoms with van der Waals surface area (Å²) < 4.78 is 43.7. The number of ether oxygens (including phenoxy) is 1. The molecule has 11 heteroatoms. The van der Waals surface area contributed by atoms with Gasteiger partial charge in [0.2, 0.25) is 5.28 Å². The molecule has 1 unspecified atom stereocenters. The number of hydrogen-bond acceptors (Lipinski definition) is 6. The highest BCUT2D eigenvalue weighted by Gasteiger charge is 2.33. The molecule has 4 rings (SSSR count). The Morgan fingerprint density at radius 3 is 2.70 bits per heavy atom. The molecule has 2 heterocycles. The third-order valence-electron chi connectivity index (χ3n) is 5.17. The fraction of sp³-hybridized carbons (Fsp3) is 0.318. The van der Waals surface area contributed by atoms with E-state index in [1.54, 1.807) is 25.1 Å². The molecule has 0 amide bonds. The van der Waals surface area contributed by atoms with Gasteiger partial charge in [0.15, 0.2) is 11.6 Å². The predicted octanol–water partition coefficient (Wildman–Crippen LogP) is 5.34. The highest BCUT2D eigenvalue weighted by Crippen LogP contribution is 2.42. The molecule has 2 aromatic heterocycles. The Morgan fingerprint density at radius 1 is 1.33 bits per heavy atom. The number of rotatable bonds is 7. The summed E-state index contributed by atoms with van der Waals surface area (Å²) in [5.74, 6) is -0.400. The van der Waals surface area contributed by atoms with Crippen molar-refractivity contribution in [2.75, 3.05) is 0 Å². The topological polar surface area (TPSA) is 93.7 Å². The highest BCUT2D eigenvalue weighted by atomic mass is 35.5. The number of Topliss-reactive ketones (excluding diaryl/α,β-unsaturated/α-hetero) is 1. The van der Waals surface area contributed by atoms with Crippen LogP contribution >= 0.6 is 11.6 Å². The van der Waals surface area contributed by atoms with E-state index in [0.29, 0.717) is 22.8 Å². The number of carbonyl (C=O) groups excluding carboxylic acids is 1. The lowest BCUT2D eigenvalue weighted by molar-refractivity contribution is -0.274. The molecule has 7 nitrogen and oxygen atoms in total. The molecule has 1 aromatic carbocycles. The lowest BCUT2D eigenvalue weighted by atomic mass is 9.96. The Bertz CT molecular complexity index is 1230. The van der Waals surface area contributed by atoms with E-state index in [1.165, 1.54) is 16.9 Å². The Labute approximate surface area is 191 Å². The number of hydrogen-bond donors (Lipinski definition) is 0. The SMILES string of the molecule is CC(CC(=O)c1cc(OC(F)(F)F)cc(C2CC2)c1)c1nc(Cl)nn1-c1ccc(C#N)cn1. The molecule has 0 spiro atoms. The van der Waals surface area contributed by atoms with Crippen LogP contribution in [0.1, 0.15) is 65.3 Å². The molecule has 0 radical (unpaired) electrons. The summed E-state index contributed by atoms with van der Waals surface area (Å²) in [6.07, 6.45) is -1.81. The van der Waals surface area contributed by atoms with Crippen LogP contribution in [-0.2, 0) is 0 Å². The summed E-state index contributed by atoms with van der Waals surface area (Å²) >= 11 is 5.99. The van der Waals surface area contributed by atoms with Gasteiger partial charge in [0, 0.05) is 24.1 Å². The van der Waals surface area contributed by atoms with Crippen LogP contribution in [0.3, 0.4) is 0 Å². The first-order chi connectivity index (χ1) is 15.6. The molecule has 33 heavy (non-hydrogen) atoms. The highest BCUT2D eigenvalue weighted by molar-refractivity contribution is 6.28. The molecule has 0 saturated heterocycles. The smallest absolute Gasteiger partial charge is 0.406 e. The van der Waals surface area contributed by atoms with Crippen LogP contribution in [0.25, 0.3) is 5.82 Å². The van der Waals surface area contributed by atoms with Crippen LogP contribution in [-0.4, -0.2) is 31.9 Å². The summed E-state index contributed by atoms with van der Waals surface area (Å²) in [6.45, 7) is 1.73. The molecule has 1 aliphatic rings. The fourth-order valence-corrected chi connectivity index (χ4v) is 3.64. The number of nitrogens with zero attached hydrogens (tertiary/aromatic N) is 5. The number of nitriles is 1. The molecular formula is C22H17ClF3N5O2. The Hall–Kier alpha value is -3.45. The maximum Gasteiger partial charge on any atom is 0.573 e. The van der Waals surface area contributed by atoms with Gasteiger partial charge in [-0.05, 0) is 66.3 Å². The van der Waals surface area contributed by atoms with Gasteiger partial charge in [0.05, 0.1) is 5.56 Å². The normalized spacial score (nSPS) is 14.5. The van der Waals surface area contributed by atoms with Crippen LogP contribution in [0.5, 0.6) is 5.75 Å². The second-order valence-corrected chi connectivity index (χ2v) is 8.15. The number of alkyl halides is 3. The largest absolute Gasteiger partial charge is 0.573 e. The van der Waals surface area contributed by atoms with Crippen molar-refractivity contribution >= 4 is 17.4 Å². The standard InChI is InChI=1S/C22H17ClF3N5O2/c1-12(20-29-21(23)30-31(20)19-5-2-13(10-27)11-28-19)6-18(32)16-7-15(14-3-4-14)8-17(9-16)33-22(24,25)26/h2,5,7-9,11-12,14H,3-4,6H2,1H3. The van der Waals surface area contributed by atoms with Gasteiger partial charge in [0.25, 0.3) is 0 Å². The van der Waals surface area contributed by atoms with E-state index >= 15 is 0 Å². The molecule has 3 aromatic rings. The van der Waals surface area contributed by atoms with Crippen molar-refractivity contribution in [2.45, 2.75) is 44.4 Å². The summed E-state index contributed by atoms with van der Waals surface area (Å²) in [5, 5.41) is 13.0. The van der Waals surface area contributed by atoms with E-state index in [9.17, 15) is 18.0 Å². The first-order valence-electron chi connectivity index (χ1n) is 10.1. The second-order valence-electron chi connectivity index (χ2n) is 7.81. The maximum absolute atomic E-state index is 13.0. The Morgan fingerprint density at radius 2 is 2.09 bits per heavy atom. The quantitative estimate of drug-likeness (QED) is 0.428. The Kier molecular flexibility index (Phi) is 6.08. The minimum Gasteiger partial charge on any atom is -0.406 e. The summed E-state index contributed by atoms with van der Waals surface area (Å²) in [7, 11) is 0. The molecule has 1 saturated carbocycles. The van der Waals surface area contributed by atoms with Gasteiger partial charge in [-0.3, -0.25) is 4.79 Å². The van der Waals surface area contributed by atoms with Gasteiger partial charge in [-0.25, -0.2) is 9.97 Å². The number of benzene rings is 1. The van der Waals surface area contributed by atoms with Crippen LogP contribution in [0.15, 0.2) is 36.5 Å². The van der Waals surface area contributed by atoms with Crippen molar-refractivity contribution in [3.05, 3.63) is 64.3 Å². The third-order valence-corrected chi connectivity index (χ3v) is 5.33. The number of ketones is 1. The molecule has 0 aliphatic heterocycles. The summed E-state index contributed by atoms with van der Waals surface area (Å²) in [6, 6.07) is 9.16. The van der Waals surface area contributed by atoms with Gasteiger partial charge in [-0.1, -0.05) is 6.92 Å². The lowest BCUT2D eigenvalue weighted by Crippen LogP contribution is -2.18. The van der Waals surface area contributed by atoms with Gasteiger partial charge in [-0.15, -0.1) is 18.3 Å². The average Bonchev–Trinajstić information content (AvgIpc) is 3.54. The number of carbonyl (C=O) groups is 1. The molecule has 170 valence electrons. The van der Waals surface area contributed by atoms with E-state index in [2.05, 4.69) is 19.8 Å². The third kappa shape index (κ3) is 5.49. The van der Waals surface area contributed by atoms with Crippen LogP contribution in [0.2, 0.25) is 5.28 Å². The number of pyridine rings is 1. The van der Waals surface area contributed by atoms with Crippen molar-refractivity contribution < 1.29 is 22.7 Å². The summed E-state index contributed by atoms with van der Waals surface area (Å²) in [5.41, 5.74) is 1.15. The zero-order chi connectivity index (χ0) is 23.8. The van der Waals surface area contributed by atoms with Crippen LogP contribution < -0.4 is 4.74 Å². The van der Waals surface area contributed by atoms with E-state index in [1.807, 2.05) is 6.07 Å². The first-order valence-corrected chi connectivity index (χ1v) is 10.4. The molecule has 0 N–H and O–H groups in total. The van der Waals surface area contributed by atoms with E-state index in [0.717, 1.165) is 18.9 Å². The number of halogens is 4. The van der Waals surface area contributed by atoms with Crippen LogP contribution in [0.4, 0.5) is 13.2 Å². The van der Waals surface area contributed by atoms with Crippen LogP contribution in [0, 0.1) is 11.3 Å². The van der Waals surface area contributed by atoms with Crippen molar-refractivity contribution in [1.29, 1.82) is 5.26 Å². The van der Waals surface area contributed by atoms with Crippen molar-refractivity contribution in [2.24, 2.45) is 0 Å². The summed E-state index contributed by atoms with van der Waals surface area (Å²) in [4.78, 5) is 21.4. The van der Waals surface area contributed by atoms with Gasteiger partial charge >= 0.3 is 6.36 Å². The zero-order valence-electron chi connectivity index (χ0n) is 17.3. The van der Waals surface area contributed by atoms with E-state index in [4.69, 9.17) is 16.9 Å². The molecule has 1 aliphatic carbocycles. The van der Waals surface area contributed by atoms with E-state index < -0.39 is 18.0 Å². The Balaban J connectivity index is 1.59. The minimum atomic E-state index is -4.85. The van der Waals surface area contributed by atoms with Gasteiger partial charge in [0.1, 0.15) is 17.6 Å². The van der Waals surface area contributed by atoms with Gasteiger partial charge in [-0.2, -0.15) is 9.94 Å². The zero-order valence-corrected chi connectivity index (χ0v) is 18.1. The molecule has 1 fully saturated rings. The maximum atomic E-state index is 13.0. The fourth-order valence-electron chi connectivity index (χ4n) is 3.48. The van der Waals surface area contributed by atoms with Crippen molar-refractivity contribution in [3.8, 4) is 17.6 Å². The lowest BCUT2D eigenvalue weighted by Gasteiger charge is -2.14. The monoisotopic (exact) mass is 475 g/mol. The van der Waals surface area contributed by atoms with E-state index in [-0.39, 0.29) is 29.0 Å². The van der Waals surface area contributed by atoms with Gasteiger partial charge < -0.3 is 4.74 Å². The molecular weight excluding hydrogens is 459 g/mol. The second kappa shape index (κ2) is 8.83. The average molecular weight is 476 g/mol. The molecule has 0 bridgehead atoms. The minimum absolute atomic E-state index is 0.0490. The first kappa shape index (κ1) is 22.7. The molecule has 1 atom stereocenters. The van der Waals surface area contributed by atoms with Crippen molar-refractivity contribution in [3.63, 3.8) is 0 Å². The predicted molar refractivity (Wildman–Crippen MR) is 111 cm³/mol.